The third-order valence-corrected chi connectivity index (χ3v) is 4.69. The Morgan fingerprint density at radius 2 is 1.45 bits per heavy atom. The van der Waals surface area contributed by atoms with Gasteiger partial charge in [-0.2, -0.15) is 5.26 Å². The van der Waals surface area contributed by atoms with Crippen LogP contribution in [0.15, 0.2) is 48.5 Å². The van der Waals surface area contributed by atoms with Gasteiger partial charge in [-0.3, -0.25) is 9.59 Å². The molecular weight excluding hydrogens is 378 g/mol. The summed E-state index contributed by atoms with van der Waals surface area (Å²) in [6, 6.07) is 13.8. The monoisotopic (exact) mass is 390 g/mol. The van der Waals surface area contributed by atoms with E-state index in [2.05, 4.69) is 5.32 Å². The van der Waals surface area contributed by atoms with Crippen molar-refractivity contribution in [2.24, 2.45) is 0 Å². The predicted octanol–water partition coefficient (Wildman–Crippen LogP) is 4.36. The Bertz CT molecular complexity index is 1230. The number of carbonyl (C=O) groups excluding carboxylic acids is 2. The number of nitrogens with zero attached hydrogens (tertiary/aromatic N) is 1. The second-order valence-electron chi connectivity index (χ2n) is 6.30. The molecule has 1 aliphatic carbocycles. The second kappa shape index (κ2) is 6.84. The van der Waals surface area contributed by atoms with E-state index in [4.69, 9.17) is 10.00 Å². The van der Waals surface area contributed by atoms with Gasteiger partial charge in [-0.1, -0.05) is 24.3 Å². The number of rotatable bonds is 3. The molecule has 29 heavy (non-hydrogen) atoms. The van der Waals surface area contributed by atoms with E-state index in [9.17, 15) is 9.59 Å². The first-order valence-corrected chi connectivity index (χ1v) is 8.52. The lowest BCUT2D eigenvalue weighted by molar-refractivity contribution is 0.0971. The summed E-state index contributed by atoms with van der Waals surface area (Å²) in [7, 11) is 1.14. The van der Waals surface area contributed by atoms with Gasteiger partial charge in [-0.25, -0.2) is 8.78 Å². The zero-order chi connectivity index (χ0) is 20.7. The SMILES string of the molecule is COc1c(F)c2c(c(F)c1Nc1ccc(C#N)cc1)C(=O)c1ccccc1C2=O. The average molecular weight is 390 g/mol. The van der Waals surface area contributed by atoms with Gasteiger partial charge >= 0.3 is 0 Å². The molecule has 3 aromatic rings. The minimum absolute atomic E-state index is 0.0118. The molecule has 0 aliphatic heterocycles. The molecule has 0 unspecified atom stereocenters. The van der Waals surface area contributed by atoms with Gasteiger partial charge in [-0.15, -0.1) is 0 Å². The van der Waals surface area contributed by atoms with Gasteiger partial charge in [0.15, 0.2) is 29.0 Å². The third-order valence-electron chi connectivity index (χ3n) is 4.69. The van der Waals surface area contributed by atoms with Crippen molar-refractivity contribution in [2.75, 3.05) is 12.4 Å². The average Bonchev–Trinajstić information content (AvgIpc) is 2.75. The maximum absolute atomic E-state index is 15.4. The van der Waals surface area contributed by atoms with E-state index in [0.29, 0.717) is 11.3 Å². The number of ketones is 2. The molecule has 0 aromatic heterocycles. The molecule has 1 aliphatic rings. The highest BCUT2D eigenvalue weighted by molar-refractivity contribution is 6.29. The van der Waals surface area contributed by atoms with Crippen molar-refractivity contribution in [1.82, 2.24) is 0 Å². The smallest absolute Gasteiger partial charge is 0.197 e. The lowest BCUT2D eigenvalue weighted by Crippen LogP contribution is -2.25. The van der Waals surface area contributed by atoms with Crippen LogP contribution in [-0.2, 0) is 0 Å². The molecule has 0 heterocycles. The molecule has 0 saturated heterocycles. The fourth-order valence-corrected chi connectivity index (χ4v) is 3.32. The Kier molecular flexibility index (Phi) is 4.32. The molecule has 0 saturated carbocycles. The fourth-order valence-electron chi connectivity index (χ4n) is 3.32. The highest BCUT2D eigenvalue weighted by Gasteiger charge is 2.38. The van der Waals surface area contributed by atoms with Crippen molar-refractivity contribution in [3.05, 3.63) is 88.0 Å². The lowest BCUT2D eigenvalue weighted by atomic mass is 9.83. The van der Waals surface area contributed by atoms with Gasteiger partial charge < -0.3 is 10.1 Å². The standard InChI is InChI=1S/C22H12F2N2O3/c1-29-22-18(24)16-15(20(27)13-4-2-3-5-14(13)21(16)28)17(23)19(22)26-12-8-6-11(10-25)7-9-12/h2-9,26H,1H3. The van der Waals surface area contributed by atoms with Crippen molar-refractivity contribution in [3.63, 3.8) is 0 Å². The molecule has 1 N–H and O–H groups in total. The Balaban J connectivity index is 1.93. The fraction of sp³-hybridized carbons (Fsp3) is 0.0455. The first kappa shape index (κ1) is 18.3. The second-order valence-corrected chi connectivity index (χ2v) is 6.30. The maximum Gasteiger partial charge on any atom is 0.197 e. The number of methoxy groups -OCH3 is 1. The lowest BCUT2D eigenvalue weighted by Gasteiger charge is -2.22. The first-order chi connectivity index (χ1) is 14.0. The summed E-state index contributed by atoms with van der Waals surface area (Å²) < 4.78 is 35.6. The molecule has 3 aromatic carbocycles. The zero-order valence-corrected chi connectivity index (χ0v) is 15.0. The Morgan fingerprint density at radius 3 is 1.97 bits per heavy atom. The van der Waals surface area contributed by atoms with Crippen LogP contribution < -0.4 is 10.1 Å². The van der Waals surface area contributed by atoms with Crippen molar-refractivity contribution in [3.8, 4) is 11.8 Å². The molecule has 0 fully saturated rings. The number of halogens is 2. The number of carbonyl (C=O) groups is 2. The van der Waals surface area contributed by atoms with Crippen LogP contribution >= 0.6 is 0 Å². The van der Waals surface area contributed by atoms with Gasteiger partial charge in [0.1, 0.15) is 5.69 Å². The highest BCUT2D eigenvalue weighted by Crippen LogP contribution is 2.41. The molecule has 7 heteroatoms. The molecule has 4 rings (SSSR count). The molecule has 0 atom stereocenters. The van der Waals surface area contributed by atoms with Crippen molar-refractivity contribution in [2.45, 2.75) is 0 Å². The summed E-state index contributed by atoms with van der Waals surface area (Å²) in [5, 5.41) is 11.6. The van der Waals surface area contributed by atoms with Crippen LogP contribution in [0.4, 0.5) is 20.2 Å². The summed E-state index contributed by atoms with van der Waals surface area (Å²) in [6.07, 6.45) is 0. The van der Waals surface area contributed by atoms with Crippen molar-refractivity contribution in [1.29, 1.82) is 5.26 Å². The highest BCUT2D eigenvalue weighted by atomic mass is 19.1. The van der Waals surface area contributed by atoms with Crippen LogP contribution in [0.25, 0.3) is 0 Å². The van der Waals surface area contributed by atoms with E-state index in [1.807, 2.05) is 6.07 Å². The van der Waals surface area contributed by atoms with E-state index in [0.717, 1.165) is 7.11 Å². The molecule has 0 amide bonds. The summed E-state index contributed by atoms with van der Waals surface area (Å²) in [6.45, 7) is 0. The first-order valence-electron chi connectivity index (χ1n) is 8.52. The zero-order valence-electron chi connectivity index (χ0n) is 15.0. The predicted molar refractivity (Wildman–Crippen MR) is 101 cm³/mol. The van der Waals surface area contributed by atoms with E-state index in [-0.39, 0.29) is 11.1 Å². The number of hydrogen-bond donors (Lipinski definition) is 1. The van der Waals surface area contributed by atoms with E-state index < -0.39 is 45.8 Å². The number of anilines is 2. The molecule has 5 nitrogen and oxygen atoms in total. The number of nitrogens with one attached hydrogen (secondary N) is 1. The molecular formula is C22H12F2N2O3. The van der Waals surface area contributed by atoms with Crippen molar-refractivity contribution < 1.29 is 23.1 Å². The summed E-state index contributed by atoms with van der Waals surface area (Å²) in [5.74, 6) is -4.29. The Morgan fingerprint density at radius 1 is 0.897 bits per heavy atom. The van der Waals surface area contributed by atoms with Crippen molar-refractivity contribution >= 4 is 22.9 Å². The van der Waals surface area contributed by atoms with Crippen LogP contribution in [0.1, 0.15) is 37.4 Å². The van der Waals surface area contributed by atoms with Gasteiger partial charge in [0.05, 0.1) is 29.9 Å². The third kappa shape index (κ3) is 2.74. The van der Waals surface area contributed by atoms with Gasteiger partial charge in [0, 0.05) is 16.8 Å². The minimum atomic E-state index is -1.12. The minimum Gasteiger partial charge on any atom is -0.491 e. The van der Waals surface area contributed by atoms with Crippen LogP contribution in [0.2, 0.25) is 0 Å². The summed E-state index contributed by atoms with van der Waals surface area (Å²) in [5.41, 5.74) is -0.936. The van der Waals surface area contributed by atoms with Crippen LogP contribution in [0, 0.1) is 23.0 Å². The summed E-state index contributed by atoms with van der Waals surface area (Å²) in [4.78, 5) is 25.6. The van der Waals surface area contributed by atoms with E-state index >= 15 is 8.78 Å². The Hall–Kier alpha value is -4.05. The van der Waals surface area contributed by atoms with Crippen LogP contribution in [0.3, 0.4) is 0 Å². The normalized spacial score (nSPS) is 12.1. The Labute approximate surface area is 164 Å². The number of hydrogen-bond acceptors (Lipinski definition) is 5. The number of fused-ring (bicyclic) bond motifs is 2. The topological polar surface area (TPSA) is 79.2 Å². The van der Waals surface area contributed by atoms with Gasteiger partial charge in [0.25, 0.3) is 0 Å². The molecule has 0 bridgehead atoms. The summed E-state index contributed by atoms with van der Waals surface area (Å²) >= 11 is 0. The largest absolute Gasteiger partial charge is 0.491 e. The maximum atomic E-state index is 15.4. The molecule has 0 spiro atoms. The number of benzene rings is 3. The molecule has 0 radical (unpaired) electrons. The quantitative estimate of drug-likeness (QED) is 0.562. The van der Waals surface area contributed by atoms with E-state index in [1.54, 1.807) is 12.1 Å². The number of ether oxygens (including phenoxy) is 1. The van der Waals surface area contributed by atoms with E-state index in [1.165, 1.54) is 36.4 Å². The van der Waals surface area contributed by atoms with Crippen LogP contribution in [0.5, 0.6) is 5.75 Å². The number of nitriles is 1. The molecule has 142 valence electrons. The van der Waals surface area contributed by atoms with Gasteiger partial charge in [0.2, 0.25) is 0 Å². The van der Waals surface area contributed by atoms with Gasteiger partial charge in [-0.05, 0) is 24.3 Å². The van der Waals surface area contributed by atoms with Crippen LogP contribution in [-0.4, -0.2) is 18.7 Å².